The number of benzene rings is 2. The Hall–Kier alpha value is -2.94. The fourth-order valence-electron chi connectivity index (χ4n) is 3.74. The van der Waals surface area contributed by atoms with E-state index in [0.29, 0.717) is 28.0 Å². The number of nitrogens with one attached hydrogen (secondary N) is 2. The maximum Gasteiger partial charge on any atom is 0.329 e. The average molecular weight is 457 g/mol. The normalized spacial score (nSPS) is 14.5. The van der Waals surface area contributed by atoms with Crippen molar-refractivity contribution in [3.8, 4) is 0 Å². The number of hydrogen-bond donors (Lipinski definition) is 2. The first-order chi connectivity index (χ1) is 15.5. The summed E-state index contributed by atoms with van der Waals surface area (Å²) in [6.45, 7) is 4.93. The lowest BCUT2D eigenvalue weighted by molar-refractivity contribution is 0.0374. The molecule has 0 spiro atoms. The lowest BCUT2D eigenvalue weighted by atomic mass is 10.1. The molecule has 0 unspecified atom stereocenters. The third-order valence-electron chi connectivity index (χ3n) is 5.54. The van der Waals surface area contributed by atoms with Gasteiger partial charge in [0, 0.05) is 30.2 Å². The second-order valence-electron chi connectivity index (χ2n) is 7.77. The minimum atomic E-state index is -0.527. The Kier molecular flexibility index (Phi) is 7.04. The quantitative estimate of drug-likeness (QED) is 0.529. The molecule has 2 heterocycles. The van der Waals surface area contributed by atoms with Crippen LogP contribution in [0.3, 0.4) is 0 Å². The van der Waals surface area contributed by atoms with E-state index >= 15 is 0 Å². The Balaban J connectivity index is 1.44. The summed E-state index contributed by atoms with van der Waals surface area (Å²) < 4.78 is 6.47. The second-order valence-corrected chi connectivity index (χ2v) is 8.21. The van der Waals surface area contributed by atoms with Crippen LogP contribution < -0.4 is 16.6 Å². The van der Waals surface area contributed by atoms with Crippen LogP contribution in [0.4, 0.5) is 0 Å². The molecule has 3 aromatic rings. The van der Waals surface area contributed by atoms with Crippen molar-refractivity contribution < 1.29 is 9.53 Å². The molecule has 0 saturated carbocycles. The lowest BCUT2D eigenvalue weighted by Gasteiger charge is -2.26. The van der Waals surface area contributed by atoms with Gasteiger partial charge in [-0.15, -0.1) is 0 Å². The van der Waals surface area contributed by atoms with Gasteiger partial charge in [0.25, 0.3) is 11.5 Å². The van der Waals surface area contributed by atoms with Crippen LogP contribution in [0.25, 0.3) is 10.9 Å². The van der Waals surface area contributed by atoms with Crippen molar-refractivity contribution in [2.75, 3.05) is 39.4 Å². The van der Waals surface area contributed by atoms with Crippen molar-refractivity contribution in [2.45, 2.75) is 13.0 Å². The number of amides is 1. The molecule has 1 fully saturated rings. The summed E-state index contributed by atoms with van der Waals surface area (Å²) in [6.07, 6.45) is 0.839. The summed E-state index contributed by atoms with van der Waals surface area (Å²) >= 11 is 5.90. The number of H-pyrrole nitrogens is 1. The number of ether oxygens (including phenoxy) is 1. The van der Waals surface area contributed by atoms with Crippen LogP contribution in [0.5, 0.6) is 0 Å². The van der Waals surface area contributed by atoms with E-state index in [0.717, 1.165) is 49.4 Å². The Morgan fingerprint density at radius 1 is 1.09 bits per heavy atom. The highest BCUT2D eigenvalue weighted by molar-refractivity contribution is 6.30. The fourth-order valence-corrected chi connectivity index (χ4v) is 3.87. The molecule has 4 rings (SSSR count). The predicted molar refractivity (Wildman–Crippen MR) is 124 cm³/mol. The molecular weight excluding hydrogens is 432 g/mol. The highest BCUT2D eigenvalue weighted by Gasteiger charge is 2.13. The van der Waals surface area contributed by atoms with Crippen molar-refractivity contribution in [3.05, 3.63) is 79.5 Å². The van der Waals surface area contributed by atoms with E-state index in [4.69, 9.17) is 16.3 Å². The molecule has 0 bridgehead atoms. The summed E-state index contributed by atoms with van der Waals surface area (Å²) in [5, 5.41) is 3.83. The first kappa shape index (κ1) is 22.3. The van der Waals surface area contributed by atoms with Gasteiger partial charge in [-0.2, -0.15) is 0 Å². The third kappa shape index (κ3) is 5.27. The van der Waals surface area contributed by atoms with Gasteiger partial charge < -0.3 is 15.0 Å². The van der Waals surface area contributed by atoms with Gasteiger partial charge in [0.15, 0.2) is 0 Å². The molecule has 1 saturated heterocycles. The molecule has 8 nitrogen and oxygen atoms in total. The lowest BCUT2D eigenvalue weighted by Crippen LogP contribution is -2.38. The number of fused-ring (bicyclic) bond motifs is 1. The highest BCUT2D eigenvalue weighted by atomic mass is 35.5. The van der Waals surface area contributed by atoms with Crippen molar-refractivity contribution in [3.63, 3.8) is 0 Å². The molecule has 0 aliphatic carbocycles. The first-order valence-corrected chi connectivity index (χ1v) is 11.0. The number of rotatable bonds is 7. The van der Waals surface area contributed by atoms with Crippen LogP contribution in [0.15, 0.2) is 52.1 Å². The molecule has 168 valence electrons. The van der Waals surface area contributed by atoms with E-state index < -0.39 is 11.2 Å². The average Bonchev–Trinajstić information content (AvgIpc) is 2.81. The van der Waals surface area contributed by atoms with Crippen LogP contribution in [0.1, 0.15) is 22.3 Å². The molecule has 1 aliphatic heterocycles. The van der Waals surface area contributed by atoms with Crippen LogP contribution in [-0.2, 0) is 11.3 Å². The van der Waals surface area contributed by atoms with Crippen LogP contribution in [0, 0.1) is 0 Å². The number of aromatic amines is 1. The zero-order valence-electron chi connectivity index (χ0n) is 17.6. The standard InChI is InChI=1S/C23H25ClN4O4/c24-18-5-2-16(3-6-18)15-28-22(30)19-7-4-17(14-20(19)26-23(28)31)21(29)25-8-1-9-27-10-12-32-13-11-27/h2-7,14H,1,8-13,15H2,(H,25,29)(H,26,31). The Morgan fingerprint density at radius 2 is 1.84 bits per heavy atom. The topological polar surface area (TPSA) is 96.4 Å². The van der Waals surface area contributed by atoms with Gasteiger partial charge in [0.1, 0.15) is 0 Å². The molecule has 2 aromatic carbocycles. The maximum absolute atomic E-state index is 12.9. The number of aromatic nitrogens is 2. The number of carbonyl (C=O) groups is 1. The van der Waals surface area contributed by atoms with Crippen LogP contribution in [-0.4, -0.2) is 59.8 Å². The molecule has 1 aromatic heterocycles. The summed E-state index contributed by atoms with van der Waals surface area (Å²) in [5.74, 6) is -0.236. The number of nitrogens with zero attached hydrogens (tertiary/aromatic N) is 2. The van der Waals surface area contributed by atoms with Crippen molar-refractivity contribution in [1.29, 1.82) is 0 Å². The second kappa shape index (κ2) is 10.1. The molecule has 2 N–H and O–H groups in total. The summed E-state index contributed by atoms with van der Waals surface area (Å²) in [4.78, 5) is 42.9. The molecule has 1 amide bonds. The summed E-state index contributed by atoms with van der Waals surface area (Å²) in [5.41, 5.74) is 0.591. The van der Waals surface area contributed by atoms with E-state index in [-0.39, 0.29) is 12.5 Å². The number of halogens is 1. The Labute approximate surface area is 189 Å². The fraction of sp³-hybridized carbons (Fsp3) is 0.348. The SMILES string of the molecule is O=C(NCCCN1CCOCC1)c1ccc2c(=O)n(Cc3ccc(Cl)cc3)c(=O)[nH]c2c1. The Morgan fingerprint density at radius 3 is 2.59 bits per heavy atom. The number of hydrogen-bond acceptors (Lipinski definition) is 5. The number of carbonyl (C=O) groups excluding carboxylic acids is 1. The zero-order chi connectivity index (χ0) is 22.5. The summed E-state index contributed by atoms with van der Waals surface area (Å²) in [6, 6.07) is 11.7. The predicted octanol–water partition coefficient (Wildman–Crippen LogP) is 1.84. The van der Waals surface area contributed by atoms with E-state index in [2.05, 4.69) is 15.2 Å². The van der Waals surface area contributed by atoms with Crippen molar-refractivity contribution in [1.82, 2.24) is 19.8 Å². The van der Waals surface area contributed by atoms with Gasteiger partial charge in [0.05, 0.1) is 30.7 Å². The van der Waals surface area contributed by atoms with E-state index in [9.17, 15) is 14.4 Å². The van der Waals surface area contributed by atoms with Crippen LogP contribution in [0.2, 0.25) is 5.02 Å². The minimum Gasteiger partial charge on any atom is -0.379 e. The first-order valence-electron chi connectivity index (χ1n) is 10.6. The van der Waals surface area contributed by atoms with Gasteiger partial charge in [-0.1, -0.05) is 23.7 Å². The van der Waals surface area contributed by atoms with E-state index in [1.54, 1.807) is 42.5 Å². The third-order valence-corrected chi connectivity index (χ3v) is 5.79. The van der Waals surface area contributed by atoms with Gasteiger partial charge in [-0.05, 0) is 48.9 Å². The number of morpholine rings is 1. The Bertz CT molecular complexity index is 1210. The molecule has 9 heteroatoms. The van der Waals surface area contributed by atoms with Gasteiger partial charge >= 0.3 is 5.69 Å². The molecular formula is C23H25ClN4O4. The molecule has 0 radical (unpaired) electrons. The van der Waals surface area contributed by atoms with Gasteiger partial charge in [-0.3, -0.25) is 19.1 Å². The maximum atomic E-state index is 12.9. The van der Waals surface area contributed by atoms with E-state index in [1.165, 1.54) is 0 Å². The van der Waals surface area contributed by atoms with Gasteiger partial charge in [0.2, 0.25) is 0 Å². The molecule has 0 atom stereocenters. The largest absolute Gasteiger partial charge is 0.379 e. The van der Waals surface area contributed by atoms with Gasteiger partial charge in [-0.25, -0.2) is 4.79 Å². The van der Waals surface area contributed by atoms with Crippen molar-refractivity contribution in [2.24, 2.45) is 0 Å². The zero-order valence-corrected chi connectivity index (χ0v) is 18.4. The molecule has 32 heavy (non-hydrogen) atoms. The smallest absolute Gasteiger partial charge is 0.329 e. The van der Waals surface area contributed by atoms with E-state index in [1.807, 2.05) is 0 Å². The monoisotopic (exact) mass is 456 g/mol. The minimum absolute atomic E-state index is 0.132. The van der Waals surface area contributed by atoms with Crippen molar-refractivity contribution >= 4 is 28.4 Å². The molecule has 1 aliphatic rings. The van der Waals surface area contributed by atoms with Crippen LogP contribution >= 0.6 is 11.6 Å². The summed E-state index contributed by atoms with van der Waals surface area (Å²) in [7, 11) is 0. The highest BCUT2D eigenvalue weighted by Crippen LogP contribution is 2.12.